The highest BCUT2D eigenvalue weighted by Gasteiger charge is 2.36. The highest BCUT2D eigenvalue weighted by atomic mass is 32.2. The number of imide groups is 1. The van der Waals surface area contributed by atoms with E-state index in [0.29, 0.717) is 4.91 Å². The molecule has 0 saturated carbocycles. The molecule has 0 spiro atoms. The molecule has 1 aliphatic rings. The molecule has 0 unspecified atom stereocenters. The van der Waals surface area contributed by atoms with E-state index in [2.05, 4.69) is 0 Å². The van der Waals surface area contributed by atoms with Crippen molar-refractivity contribution in [1.82, 2.24) is 9.47 Å². The highest BCUT2D eigenvalue weighted by Crippen LogP contribution is 2.35. The Balaban J connectivity index is 1.96. The van der Waals surface area contributed by atoms with Crippen molar-refractivity contribution in [2.45, 2.75) is 13.8 Å². The lowest BCUT2D eigenvalue weighted by Gasteiger charge is -2.10. The van der Waals surface area contributed by atoms with Gasteiger partial charge in [0.2, 0.25) is 0 Å². The zero-order valence-corrected chi connectivity index (χ0v) is 15.1. The van der Waals surface area contributed by atoms with E-state index in [-0.39, 0.29) is 13.2 Å². The molecule has 3 rings (SSSR count). The summed E-state index contributed by atoms with van der Waals surface area (Å²) in [4.78, 5) is 37.4. The molecule has 7 heteroatoms. The first-order valence-corrected chi connectivity index (χ1v) is 8.70. The first-order chi connectivity index (χ1) is 11.9. The molecule has 0 bridgehead atoms. The molecule has 2 amide bonds. The second-order valence-electron chi connectivity index (χ2n) is 5.65. The average Bonchev–Trinajstić information content (AvgIpc) is 2.99. The SMILES string of the molecule is CCOC(=O)CN1C(=O)S/C(=C\c2c(C)n(C)c3ccccc23)C1=O. The van der Waals surface area contributed by atoms with Crippen LogP contribution in [0.1, 0.15) is 18.2 Å². The fourth-order valence-electron chi connectivity index (χ4n) is 2.84. The largest absolute Gasteiger partial charge is 0.465 e. The molecule has 2 aromatic rings. The van der Waals surface area contributed by atoms with E-state index in [1.165, 1.54) is 0 Å². The van der Waals surface area contributed by atoms with E-state index >= 15 is 0 Å². The van der Waals surface area contributed by atoms with Gasteiger partial charge in [0.25, 0.3) is 11.1 Å². The van der Waals surface area contributed by atoms with E-state index < -0.39 is 17.1 Å². The number of fused-ring (bicyclic) bond motifs is 1. The van der Waals surface area contributed by atoms with Crippen molar-refractivity contribution in [3.8, 4) is 0 Å². The number of thioether (sulfide) groups is 1. The van der Waals surface area contributed by atoms with Crippen LogP contribution in [-0.4, -0.2) is 39.7 Å². The van der Waals surface area contributed by atoms with E-state index in [4.69, 9.17) is 4.74 Å². The summed E-state index contributed by atoms with van der Waals surface area (Å²) >= 11 is 0.845. The Morgan fingerprint density at radius 3 is 2.72 bits per heavy atom. The van der Waals surface area contributed by atoms with Gasteiger partial charge < -0.3 is 9.30 Å². The summed E-state index contributed by atoms with van der Waals surface area (Å²) in [5.74, 6) is -1.05. The summed E-state index contributed by atoms with van der Waals surface area (Å²) in [6.45, 7) is 3.49. The van der Waals surface area contributed by atoms with Crippen LogP contribution >= 0.6 is 11.8 Å². The molecule has 0 N–H and O–H groups in total. The van der Waals surface area contributed by atoms with Gasteiger partial charge in [-0.05, 0) is 37.8 Å². The number of hydrogen-bond donors (Lipinski definition) is 0. The molecule has 1 saturated heterocycles. The van der Waals surface area contributed by atoms with E-state index in [9.17, 15) is 14.4 Å². The van der Waals surface area contributed by atoms with Crippen molar-refractivity contribution in [2.24, 2.45) is 7.05 Å². The second-order valence-corrected chi connectivity index (χ2v) is 6.64. The van der Waals surface area contributed by atoms with Crippen LogP contribution in [0.25, 0.3) is 17.0 Å². The number of amides is 2. The van der Waals surface area contributed by atoms with Crippen LogP contribution in [0.15, 0.2) is 29.2 Å². The molecule has 1 aromatic heterocycles. The van der Waals surface area contributed by atoms with Crippen molar-refractivity contribution < 1.29 is 19.1 Å². The standard InChI is InChI=1S/C18H18N2O4S/c1-4-24-16(21)10-20-17(22)15(25-18(20)23)9-13-11(2)19(3)14-8-6-5-7-12(13)14/h5-9H,4,10H2,1-3H3/b15-9-. The summed E-state index contributed by atoms with van der Waals surface area (Å²) in [5.41, 5.74) is 2.95. The fraction of sp³-hybridized carbons (Fsp3) is 0.278. The molecule has 25 heavy (non-hydrogen) atoms. The maximum atomic E-state index is 12.5. The normalized spacial score (nSPS) is 16.3. The molecular formula is C18H18N2O4S. The van der Waals surface area contributed by atoms with Crippen LogP contribution < -0.4 is 0 Å². The first kappa shape index (κ1) is 17.3. The Morgan fingerprint density at radius 2 is 2.00 bits per heavy atom. The second kappa shape index (κ2) is 6.76. The van der Waals surface area contributed by atoms with Crippen LogP contribution in [-0.2, 0) is 21.4 Å². The average molecular weight is 358 g/mol. The van der Waals surface area contributed by atoms with Gasteiger partial charge in [0, 0.05) is 29.2 Å². The predicted octanol–water partition coefficient (Wildman–Crippen LogP) is 3.09. The van der Waals surface area contributed by atoms with Crippen LogP contribution in [0.4, 0.5) is 4.79 Å². The summed E-state index contributed by atoms with van der Waals surface area (Å²) < 4.78 is 6.86. The molecule has 0 radical (unpaired) electrons. The van der Waals surface area contributed by atoms with Crippen molar-refractivity contribution in [3.63, 3.8) is 0 Å². The predicted molar refractivity (Wildman–Crippen MR) is 97.0 cm³/mol. The van der Waals surface area contributed by atoms with Crippen LogP contribution in [0.5, 0.6) is 0 Å². The van der Waals surface area contributed by atoms with Crippen molar-refractivity contribution in [1.29, 1.82) is 0 Å². The maximum Gasteiger partial charge on any atom is 0.326 e. The van der Waals surface area contributed by atoms with Gasteiger partial charge in [-0.1, -0.05) is 18.2 Å². The number of esters is 1. The lowest BCUT2D eigenvalue weighted by Crippen LogP contribution is -2.34. The molecule has 0 atom stereocenters. The van der Waals surface area contributed by atoms with Gasteiger partial charge in [-0.25, -0.2) is 0 Å². The maximum absolute atomic E-state index is 12.5. The minimum absolute atomic E-state index is 0.208. The molecule has 1 aromatic carbocycles. The van der Waals surface area contributed by atoms with E-state index in [1.54, 1.807) is 13.0 Å². The Morgan fingerprint density at radius 1 is 1.28 bits per heavy atom. The zero-order chi connectivity index (χ0) is 18.1. The van der Waals surface area contributed by atoms with Gasteiger partial charge in [-0.15, -0.1) is 0 Å². The van der Waals surface area contributed by atoms with Crippen LogP contribution in [0.3, 0.4) is 0 Å². The lowest BCUT2D eigenvalue weighted by atomic mass is 10.1. The summed E-state index contributed by atoms with van der Waals surface area (Å²) in [6, 6.07) is 7.88. The molecule has 1 fully saturated rings. The number of hydrogen-bond acceptors (Lipinski definition) is 5. The lowest BCUT2D eigenvalue weighted by molar-refractivity contribution is -0.145. The van der Waals surface area contributed by atoms with E-state index in [0.717, 1.165) is 38.8 Å². The Labute approximate surface area is 149 Å². The number of aryl methyl sites for hydroxylation is 1. The number of benzene rings is 1. The van der Waals surface area contributed by atoms with Gasteiger partial charge >= 0.3 is 5.97 Å². The minimum Gasteiger partial charge on any atom is -0.465 e. The quantitative estimate of drug-likeness (QED) is 0.621. The number of carbonyl (C=O) groups is 3. The summed E-state index contributed by atoms with van der Waals surface area (Å²) in [5, 5.41) is 0.557. The fourth-order valence-corrected chi connectivity index (χ4v) is 3.66. The van der Waals surface area contributed by atoms with Gasteiger partial charge in [0.15, 0.2) is 0 Å². The number of ether oxygens (including phenoxy) is 1. The van der Waals surface area contributed by atoms with Gasteiger partial charge in [0.05, 0.1) is 11.5 Å². The smallest absolute Gasteiger partial charge is 0.326 e. The van der Waals surface area contributed by atoms with Crippen LogP contribution in [0, 0.1) is 6.92 Å². The van der Waals surface area contributed by atoms with Crippen molar-refractivity contribution >= 4 is 45.9 Å². The Hall–Kier alpha value is -2.54. The number of nitrogens with zero attached hydrogens (tertiary/aromatic N) is 2. The van der Waals surface area contributed by atoms with Gasteiger partial charge in [-0.2, -0.15) is 0 Å². The third-order valence-electron chi connectivity index (χ3n) is 4.19. The Kier molecular flexibility index (Phi) is 4.67. The molecule has 1 aliphatic heterocycles. The van der Waals surface area contributed by atoms with E-state index in [1.807, 2.05) is 42.8 Å². The van der Waals surface area contributed by atoms with Gasteiger partial charge in [-0.3, -0.25) is 19.3 Å². The molecule has 2 heterocycles. The Bertz CT molecular complexity index is 913. The van der Waals surface area contributed by atoms with Crippen molar-refractivity contribution in [2.75, 3.05) is 13.2 Å². The number of para-hydroxylation sites is 1. The van der Waals surface area contributed by atoms with Crippen molar-refractivity contribution in [3.05, 3.63) is 40.4 Å². The monoisotopic (exact) mass is 358 g/mol. The van der Waals surface area contributed by atoms with Gasteiger partial charge in [0.1, 0.15) is 6.54 Å². The third kappa shape index (κ3) is 3.07. The molecule has 130 valence electrons. The third-order valence-corrected chi connectivity index (χ3v) is 5.10. The molecule has 6 nitrogen and oxygen atoms in total. The summed E-state index contributed by atoms with van der Waals surface area (Å²) in [7, 11) is 1.96. The number of aromatic nitrogens is 1. The minimum atomic E-state index is -0.590. The molecular weight excluding hydrogens is 340 g/mol. The number of carbonyl (C=O) groups excluding carboxylic acids is 3. The number of rotatable bonds is 4. The highest BCUT2D eigenvalue weighted by molar-refractivity contribution is 8.18. The molecule has 0 aliphatic carbocycles. The first-order valence-electron chi connectivity index (χ1n) is 7.89. The van der Waals surface area contributed by atoms with Crippen LogP contribution in [0.2, 0.25) is 0 Å². The topological polar surface area (TPSA) is 68.6 Å². The zero-order valence-electron chi connectivity index (χ0n) is 14.2. The summed E-state index contributed by atoms with van der Waals surface area (Å²) in [6.07, 6.45) is 1.73.